The van der Waals surface area contributed by atoms with Crippen LogP contribution >= 0.6 is 0 Å². The van der Waals surface area contributed by atoms with E-state index in [0.717, 1.165) is 52.3 Å². The van der Waals surface area contributed by atoms with Crippen molar-refractivity contribution in [2.75, 3.05) is 5.01 Å². The molecule has 5 aromatic rings. The number of rotatable bonds is 6. The van der Waals surface area contributed by atoms with Crippen LogP contribution < -0.4 is 5.01 Å². The third-order valence-corrected chi connectivity index (χ3v) is 6.68. The Bertz CT molecular complexity index is 1470. The molecule has 3 aromatic carbocycles. The minimum atomic E-state index is 0.000852. The molecule has 0 radical (unpaired) electrons. The third-order valence-electron chi connectivity index (χ3n) is 6.68. The van der Waals surface area contributed by atoms with Gasteiger partial charge in [0.15, 0.2) is 0 Å². The maximum absolute atomic E-state index is 5.16. The molecule has 2 aromatic heterocycles. The van der Waals surface area contributed by atoms with Crippen LogP contribution in [0.1, 0.15) is 36.1 Å². The smallest absolute Gasteiger partial charge is 0.0996 e. The zero-order chi connectivity index (χ0) is 24.3. The fourth-order valence-electron chi connectivity index (χ4n) is 4.75. The Balaban J connectivity index is 1.47. The largest absolute Gasteiger partial charge is 0.264 e. The summed E-state index contributed by atoms with van der Waals surface area (Å²) < 4.78 is 1.97. The fraction of sp³-hybridized carbons (Fsp3) is 0.129. The molecule has 36 heavy (non-hydrogen) atoms. The van der Waals surface area contributed by atoms with E-state index in [4.69, 9.17) is 10.2 Å². The predicted octanol–water partition coefficient (Wildman–Crippen LogP) is 6.85. The highest BCUT2D eigenvalue weighted by Crippen LogP contribution is 2.40. The van der Waals surface area contributed by atoms with Gasteiger partial charge in [-0.3, -0.25) is 9.99 Å². The van der Waals surface area contributed by atoms with Crippen molar-refractivity contribution < 1.29 is 0 Å². The topological polar surface area (TPSA) is 46.3 Å². The van der Waals surface area contributed by atoms with Gasteiger partial charge in [-0.05, 0) is 53.9 Å². The first-order chi connectivity index (χ1) is 17.8. The fourth-order valence-corrected chi connectivity index (χ4v) is 4.75. The number of nitrogens with zero attached hydrogens (tertiary/aromatic N) is 5. The second-order valence-electron chi connectivity index (χ2n) is 8.95. The first kappa shape index (κ1) is 22.0. The highest BCUT2D eigenvalue weighted by Gasteiger charge is 2.33. The third kappa shape index (κ3) is 4.20. The van der Waals surface area contributed by atoms with E-state index in [-0.39, 0.29) is 6.04 Å². The molecule has 5 nitrogen and oxygen atoms in total. The first-order valence-corrected chi connectivity index (χ1v) is 12.4. The van der Waals surface area contributed by atoms with Gasteiger partial charge in [0.1, 0.15) is 0 Å². The Labute approximate surface area is 211 Å². The lowest BCUT2D eigenvalue weighted by molar-refractivity contribution is 0.709. The first-order valence-electron chi connectivity index (χ1n) is 12.4. The van der Waals surface area contributed by atoms with E-state index in [1.54, 1.807) is 6.20 Å². The van der Waals surface area contributed by atoms with Crippen LogP contribution in [0.15, 0.2) is 121 Å². The Hall–Kier alpha value is -4.51. The van der Waals surface area contributed by atoms with Crippen LogP contribution in [-0.2, 0) is 6.42 Å². The molecule has 1 atom stereocenters. The highest BCUT2D eigenvalue weighted by atomic mass is 15.5. The number of hydrogen-bond donors (Lipinski definition) is 0. The second kappa shape index (κ2) is 9.62. The van der Waals surface area contributed by atoms with Gasteiger partial charge in [0, 0.05) is 36.1 Å². The number of para-hydroxylation sites is 2. The average molecular weight is 470 g/mol. The van der Waals surface area contributed by atoms with Crippen LogP contribution in [0.25, 0.3) is 16.9 Å². The molecule has 0 N–H and O–H groups in total. The molecular weight excluding hydrogens is 442 g/mol. The van der Waals surface area contributed by atoms with Crippen LogP contribution in [0.4, 0.5) is 5.69 Å². The van der Waals surface area contributed by atoms with Gasteiger partial charge in [0.25, 0.3) is 0 Å². The lowest BCUT2D eigenvalue weighted by Crippen LogP contribution is -2.18. The van der Waals surface area contributed by atoms with E-state index < -0.39 is 0 Å². The molecule has 0 saturated carbocycles. The number of hydrogen-bond acceptors (Lipinski definition) is 4. The van der Waals surface area contributed by atoms with Gasteiger partial charge >= 0.3 is 0 Å². The molecule has 0 spiro atoms. The number of anilines is 1. The van der Waals surface area contributed by atoms with E-state index in [2.05, 4.69) is 89.8 Å². The monoisotopic (exact) mass is 469 g/mol. The Morgan fingerprint density at radius 2 is 1.50 bits per heavy atom. The molecule has 0 amide bonds. The molecule has 1 aliphatic heterocycles. The number of aromatic nitrogens is 3. The molecule has 5 heteroatoms. The summed E-state index contributed by atoms with van der Waals surface area (Å²) >= 11 is 0. The Morgan fingerprint density at radius 3 is 2.17 bits per heavy atom. The van der Waals surface area contributed by atoms with Crippen molar-refractivity contribution in [2.24, 2.45) is 5.10 Å². The highest BCUT2D eigenvalue weighted by molar-refractivity contribution is 6.03. The maximum Gasteiger partial charge on any atom is 0.0996 e. The van der Waals surface area contributed by atoms with Gasteiger partial charge < -0.3 is 0 Å². The minimum Gasteiger partial charge on any atom is -0.264 e. The maximum atomic E-state index is 5.16. The van der Waals surface area contributed by atoms with Gasteiger partial charge in [-0.1, -0.05) is 67.6 Å². The summed E-state index contributed by atoms with van der Waals surface area (Å²) in [6, 6.07) is 33.5. The Kier molecular flexibility index (Phi) is 5.88. The number of hydrazone groups is 1. The summed E-state index contributed by atoms with van der Waals surface area (Å²) in [5.41, 5.74) is 8.70. The summed E-state index contributed by atoms with van der Waals surface area (Å²) in [5.74, 6) is 0. The van der Waals surface area contributed by atoms with E-state index >= 15 is 0 Å². The molecule has 1 aliphatic rings. The van der Waals surface area contributed by atoms with Crippen molar-refractivity contribution in [1.29, 1.82) is 0 Å². The van der Waals surface area contributed by atoms with E-state index in [1.165, 1.54) is 5.56 Å². The van der Waals surface area contributed by atoms with Crippen molar-refractivity contribution in [3.8, 4) is 16.9 Å². The van der Waals surface area contributed by atoms with Crippen molar-refractivity contribution in [3.63, 3.8) is 0 Å². The lowest BCUT2D eigenvalue weighted by atomic mass is 9.96. The standard InChI is InChI=1S/C31H27N5/c1-2-23-15-17-24(18-16-23)29-20-30(36(33-29)27-13-7-4-8-14-27)28-22-35(26-11-5-3-6-12-26)34-31(28)25-10-9-19-32-21-25/h3-19,21-22,30H,2,20H2,1H3. The van der Waals surface area contributed by atoms with Gasteiger partial charge in [-0.2, -0.15) is 10.2 Å². The molecular formula is C31H27N5. The average Bonchev–Trinajstić information content (AvgIpc) is 3.60. The minimum absolute atomic E-state index is 0.000852. The molecule has 0 bridgehead atoms. The molecule has 0 saturated heterocycles. The van der Waals surface area contributed by atoms with E-state index in [1.807, 2.05) is 41.2 Å². The van der Waals surface area contributed by atoms with Crippen LogP contribution in [0, 0.1) is 0 Å². The van der Waals surface area contributed by atoms with Crippen molar-refractivity contribution >= 4 is 11.4 Å². The molecule has 176 valence electrons. The lowest BCUT2D eigenvalue weighted by Gasteiger charge is -2.23. The molecule has 1 unspecified atom stereocenters. The van der Waals surface area contributed by atoms with Gasteiger partial charge in [0.05, 0.1) is 28.8 Å². The SMILES string of the molecule is CCc1ccc(C2=NN(c3ccccc3)C(c3cn(-c4ccccc4)nc3-c3cccnc3)C2)cc1. The van der Waals surface area contributed by atoms with Crippen LogP contribution in [-0.4, -0.2) is 20.5 Å². The summed E-state index contributed by atoms with van der Waals surface area (Å²) in [4.78, 5) is 4.38. The van der Waals surface area contributed by atoms with E-state index in [0.29, 0.717) is 0 Å². The Morgan fingerprint density at radius 1 is 0.778 bits per heavy atom. The van der Waals surface area contributed by atoms with Crippen molar-refractivity contribution in [3.05, 3.63) is 132 Å². The summed E-state index contributed by atoms with van der Waals surface area (Å²) in [5, 5.41) is 12.3. The van der Waals surface area contributed by atoms with Gasteiger partial charge in [-0.25, -0.2) is 4.68 Å². The van der Waals surface area contributed by atoms with Crippen LogP contribution in [0.5, 0.6) is 0 Å². The number of benzene rings is 3. The van der Waals surface area contributed by atoms with Gasteiger partial charge in [0.2, 0.25) is 0 Å². The zero-order valence-corrected chi connectivity index (χ0v) is 20.2. The number of aryl methyl sites for hydroxylation is 1. The van der Waals surface area contributed by atoms with E-state index in [9.17, 15) is 0 Å². The molecule has 0 aliphatic carbocycles. The quantitative estimate of drug-likeness (QED) is 0.273. The van der Waals surface area contributed by atoms with Crippen molar-refractivity contribution in [1.82, 2.24) is 14.8 Å². The van der Waals surface area contributed by atoms with Gasteiger partial charge in [-0.15, -0.1) is 0 Å². The normalized spacial score (nSPS) is 15.2. The van der Waals surface area contributed by atoms with Crippen LogP contribution in [0.2, 0.25) is 0 Å². The summed E-state index contributed by atoms with van der Waals surface area (Å²) in [6.07, 6.45) is 7.64. The molecule has 0 fully saturated rings. The molecule has 3 heterocycles. The zero-order valence-electron chi connectivity index (χ0n) is 20.2. The van der Waals surface area contributed by atoms with Crippen LogP contribution in [0.3, 0.4) is 0 Å². The predicted molar refractivity (Wildman–Crippen MR) is 145 cm³/mol. The summed E-state index contributed by atoms with van der Waals surface area (Å²) in [6.45, 7) is 2.18. The second-order valence-corrected chi connectivity index (χ2v) is 8.95. The summed E-state index contributed by atoms with van der Waals surface area (Å²) in [7, 11) is 0. The molecule has 6 rings (SSSR count). The van der Waals surface area contributed by atoms with Crippen molar-refractivity contribution in [2.45, 2.75) is 25.8 Å². The number of pyridine rings is 1.